The van der Waals surface area contributed by atoms with Gasteiger partial charge in [0, 0.05) is 61.4 Å². The van der Waals surface area contributed by atoms with Gasteiger partial charge in [0.2, 0.25) is 65.0 Å². The fraction of sp³-hybridized carbons (Fsp3) is 0.516. The molecule has 32 heteroatoms. The summed E-state index contributed by atoms with van der Waals surface area (Å²) in [4.78, 5) is 181. The summed E-state index contributed by atoms with van der Waals surface area (Å²) in [5, 5.41) is 31.2. The van der Waals surface area contributed by atoms with E-state index in [0.717, 1.165) is 45.9 Å². The number of benzene rings is 3. The summed E-state index contributed by atoms with van der Waals surface area (Å²) in [5.41, 5.74) is 12.0. The number of likely N-dealkylation sites (tertiary alicyclic amines) is 1. The predicted octanol–water partition coefficient (Wildman–Crippen LogP) is 0.545. The van der Waals surface area contributed by atoms with Gasteiger partial charge in [-0.25, -0.2) is 9.36 Å². The van der Waals surface area contributed by atoms with E-state index in [1.165, 1.54) is 32.1 Å². The number of rotatable bonds is 35. The van der Waals surface area contributed by atoms with E-state index in [9.17, 15) is 71.9 Å². The Labute approximate surface area is 551 Å². The molecule has 0 bridgehead atoms. The molecule has 7 rings (SSSR count). The number of phosphoric ester groups is 1. The third-order valence-electron chi connectivity index (χ3n) is 16.5. The van der Waals surface area contributed by atoms with E-state index in [4.69, 9.17) is 16.0 Å². The van der Waals surface area contributed by atoms with Crippen LogP contribution in [0.25, 0.3) is 20.9 Å². The maximum atomic E-state index is 14.9. The summed E-state index contributed by atoms with van der Waals surface area (Å²) in [7, 11) is -5.41. The average Bonchev–Trinajstić information content (AvgIpc) is 1.57. The molecule has 3 aromatic carbocycles. The van der Waals surface area contributed by atoms with Crippen LogP contribution < -0.4 is 64.6 Å². The topological polar surface area (TPSA) is 447 Å². The van der Waals surface area contributed by atoms with Gasteiger partial charge in [-0.2, -0.15) is 11.8 Å². The number of phosphoric acid groups is 1. The first-order valence-electron chi connectivity index (χ1n) is 31.2. The molecule has 16 N–H and O–H groups in total. The quantitative estimate of drug-likeness (QED) is 0.0170. The van der Waals surface area contributed by atoms with Gasteiger partial charge < -0.3 is 79.3 Å². The SMILES string of the molecule is CC(=O)N[C@@H](CCCCNC(=O)CCCC[C@@H]1SC[C@@H]2NC(=O)N[C@@H]21)C(=O)N[C@@H](C)C(=O)N[C@@H](C)C(=O)N[C@@H](Cc1csc2ccccc12)C(=O)N[C@H](C(=O)N1CCC[C@H]1C(=O)N[C@@H](Cc1ccc2ccccc2c1)C(=O)N[C@@H](CCC(N)=O)C(N)=O)[C@@H](C)OP(=O)(O)O. The van der Waals surface area contributed by atoms with E-state index in [1.807, 2.05) is 48.2 Å². The largest absolute Gasteiger partial charge is 0.469 e. The minimum atomic E-state index is -5.41. The first-order chi connectivity index (χ1) is 44.6. The number of fused-ring (bicyclic) bond motifs is 3. The van der Waals surface area contributed by atoms with E-state index in [0.29, 0.717) is 54.0 Å². The van der Waals surface area contributed by atoms with Crippen LogP contribution in [0.1, 0.15) is 109 Å². The number of nitrogens with one attached hydrogen (secondary N) is 10. The highest BCUT2D eigenvalue weighted by atomic mass is 32.2. The standard InChI is InChI=1S/C62H84N13O16PS2/c1-33(67-57(82)43(68-36(4)76)17-11-12-26-65-51(78)21-10-9-20-49-53-46(32-94-49)72-62(87)74-53)55(80)66-34(2)56(81)70-45(30-40-31-93-48-19-8-7-16-41(40)48)59(84)73-52(35(3)91-92(88,89)90)61(86)75-27-13-18-47(75)60(85)71-44(58(83)69-42(54(64)79)24-25-50(63)77)29-37-22-23-38-14-5-6-15-39(38)28-37/h5-8,14-16,19,22-23,28,31,33-35,42-47,49,52-53H,9-13,17-18,20-21,24-27,29-30,32H2,1-4H3,(H2,63,77)(H2,64,79)(H,65,78)(H,66,80)(H,67,82)(H,68,76)(H,69,83)(H,70,81)(H,71,85)(H,73,84)(H2,72,74,87)(H2,88,89,90)/t33-,34-,35+,42-,43-,44-,45-,46-,47-,49-,52-,53-/m0/s1. The van der Waals surface area contributed by atoms with Gasteiger partial charge in [0.1, 0.15) is 48.3 Å². The number of hydrogen-bond acceptors (Lipinski definition) is 16. The van der Waals surface area contributed by atoms with E-state index < -0.39 is 121 Å². The van der Waals surface area contributed by atoms with Crippen LogP contribution in [0, 0.1) is 0 Å². The van der Waals surface area contributed by atoms with Crippen molar-refractivity contribution in [3.63, 3.8) is 0 Å². The number of primary amides is 2. The van der Waals surface area contributed by atoms with Crippen molar-refractivity contribution in [2.75, 3.05) is 18.8 Å². The van der Waals surface area contributed by atoms with Crippen LogP contribution in [0.3, 0.4) is 0 Å². The molecule has 12 atom stereocenters. The Balaban J connectivity index is 0.991. The highest BCUT2D eigenvalue weighted by molar-refractivity contribution is 8.00. The molecule has 29 nitrogen and oxygen atoms in total. The molecule has 0 spiro atoms. The van der Waals surface area contributed by atoms with Crippen LogP contribution in [0.2, 0.25) is 0 Å². The van der Waals surface area contributed by atoms with Crippen molar-refractivity contribution in [2.45, 2.75) is 183 Å². The molecule has 4 heterocycles. The van der Waals surface area contributed by atoms with Crippen LogP contribution >= 0.6 is 30.9 Å². The second-order valence-corrected chi connectivity index (χ2v) is 27.2. The third-order valence-corrected chi connectivity index (χ3v) is 19.7. The molecule has 0 saturated carbocycles. The van der Waals surface area contributed by atoms with Crippen molar-refractivity contribution in [3.05, 3.63) is 83.2 Å². The molecule has 94 heavy (non-hydrogen) atoms. The molecule has 0 unspecified atom stereocenters. The minimum absolute atomic E-state index is 0.0128. The van der Waals surface area contributed by atoms with Crippen LogP contribution in [0.4, 0.5) is 4.79 Å². The minimum Gasteiger partial charge on any atom is -0.370 e. The number of unbranched alkanes of at least 4 members (excludes halogenated alkanes) is 2. The average molecular weight is 1360 g/mol. The smallest absolute Gasteiger partial charge is 0.370 e. The van der Waals surface area contributed by atoms with E-state index in [-0.39, 0.29) is 75.5 Å². The molecule has 3 aliphatic heterocycles. The lowest BCUT2D eigenvalue weighted by Crippen LogP contribution is -2.62. The number of nitrogens with zero attached hydrogens (tertiary/aromatic N) is 1. The van der Waals surface area contributed by atoms with Gasteiger partial charge >= 0.3 is 13.9 Å². The molecule has 0 aliphatic carbocycles. The lowest BCUT2D eigenvalue weighted by Gasteiger charge is -2.33. The van der Waals surface area contributed by atoms with E-state index in [2.05, 4.69) is 53.2 Å². The van der Waals surface area contributed by atoms with Crippen molar-refractivity contribution in [2.24, 2.45) is 11.5 Å². The van der Waals surface area contributed by atoms with Crippen LogP contribution in [-0.4, -0.2) is 176 Å². The summed E-state index contributed by atoms with van der Waals surface area (Å²) in [5.74, 6) is -7.76. The van der Waals surface area contributed by atoms with Crippen LogP contribution in [0.15, 0.2) is 72.1 Å². The molecule has 13 amide bonds. The molecule has 3 saturated heterocycles. The van der Waals surface area contributed by atoms with Crippen molar-refractivity contribution in [1.29, 1.82) is 0 Å². The molecule has 3 aliphatic rings. The number of carbonyl (C=O) groups excluding carboxylic acids is 12. The Hall–Kier alpha value is -8.22. The summed E-state index contributed by atoms with van der Waals surface area (Å²) >= 11 is 3.16. The second-order valence-electron chi connectivity index (χ2n) is 23.8. The van der Waals surface area contributed by atoms with Gasteiger partial charge in [0.05, 0.1) is 18.2 Å². The molecular formula is C62H84N13O16PS2. The molecule has 0 radical (unpaired) electrons. The number of hydrogen-bond donors (Lipinski definition) is 14. The Morgan fingerprint density at radius 3 is 2.09 bits per heavy atom. The Morgan fingerprint density at radius 1 is 0.713 bits per heavy atom. The number of nitrogens with two attached hydrogens (primary N) is 2. The predicted molar refractivity (Wildman–Crippen MR) is 349 cm³/mol. The Kier molecular flexibility index (Phi) is 26.7. The van der Waals surface area contributed by atoms with Gasteiger partial charge in [-0.1, -0.05) is 67.1 Å². The third kappa shape index (κ3) is 21.4. The summed E-state index contributed by atoms with van der Waals surface area (Å²) in [6.45, 7) is 5.21. The van der Waals surface area contributed by atoms with Crippen LogP contribution in [0.5, 0.6) is 0 Å². The lowest BCUT2D eigenvalue weighted by molar-refractivity contribution is -0.144. The highest BCUT2D eigenvalue weighted by Gasteiger charge is 2.45. The van der Waals surface area contributed by atoms with Crippen molar-refractivity contribution >= 4 is 123 Å². The van der Waals surface area contributed by atoms with Crippen molar-refractivity contribution in [1.82, 2.24) is 58.1 Å². The Bertz CT molecular complexity index is 3500. The molecule has 3 fully saturated rings. The summed E-state index contributed by atoms with van der Waals surface area (Å²) < 4.78 is 18.2. The fourth-order valence-electron chi connectivity index (χ4n) is 11.6. The molecule has 510 valence electrons. The lowest BCUT2D eigenvalue weighted by atomic mass is 10.00. The zero-order valence-electron chi connectivity index (χ0n) is 52.6. The highest BCUT2D eigenvalue weighted by Crippen LogP contribution is 2.39. The summed E-state index contributed by atoms with van der Waals surface area (Å²) in [6.07, 6.45) is 1.27. The van der Waals surface area contributed by atoms with Gasteiger partial charge in [-0.15, -0.1) is 11.3 Å². The van der Waals surface area contributed by atoms with E-state index in [1.54, 1.807) is 35.7 Å². The number of carbonyl (C=O) groups is 12. The van der Waals surface area contributed by atoms with Crippen molar-refractivity contribution in [3.8, 4) is 0 Å². The first-order valence-corrected chi connectivity index (χ1v) is 34.7. The van der Waals surface area contributed by atoms with Gasteiger partial charge in [0.25, 0.3) is 0 Å². The maximum Gasteiger partial charge on any atom is 0.469 e. The molecular weight excluding hydrogens is 1280 g/mol. The fourth-order valence-corrected chi connectivity index (χ4v) is 14.7. The van der Waals surface area contributed by atoms with Gasteiger partial charge in [0.15, 0.2) is 0 Å². The summed E-state index contributed by atoms with van der Waals surface area (Å²) in [6, 6.07) is 8.63. The van der Waals surface area contributed by atoms with Crippen LogP contribution in [-0.2, 0) is 74.7 Å². The van der Waals surface area contributed by atoms with Crippen molar-refractivity contribution < 1.29 is 76.4 Å². The zero-order chi connectivity index (χ0) is 68.4. The normalized spacial score (nSPS) is 19.3. The number of thiophene rings is 1. The zero-order valence-corrected chi connectivity index (χ0v) is 55.2. The van der Waals surface area contributed by atoms with E-state index >= 15 is 0 Å². The molecule has 4 aromatic rings. The van der Waals surface area contributed by atoms with Gasteiger partial charge in [-0.05, 0) is 111 Å². The first kappa shape index (κ1) is 73.2. The Morgan fingerprint density at radius 2 is 1.37 bits per heavy atom. The second kappa shape index (κ2) is 34.3. The maximum absolute atomic E-state index is 14.9. The number of urea groups is 1. The van der Waals surface area contributed by atoms with Gasteiger partial charge in [-0.3, -0.25) is 57.3 Å². The monoisotopic (exact) mass is 1360 g/mol. The number of thioether (sulfide) groups is 1. The number of amides is 13. The molecule has 1 aromatic heterocycles.